The van der Waals surface area contributed by atoms with Gasteiger partial charge in [0.05, 0.1) is 24.3 Å². The van der Waals surface area contributed by atoms with E-state index in [0.29, 0.717) is 37.6 Å². The second-order valence-electron chi connectivity index (χ2n) is 6.10. The van der Waals surface area contributed by atoms with Gasteiger partial charge in [-0.05, 0) is 36.5 Å². The number of nitrogens with one attached hydrogen (secondary N) is 2. The zero-order valence-electron chi connectivity index (χ0n) is 15.4. The molecule has 152 valence electrons. The minimum absolute atomic E-state index is 0.172. The minimum atomic E-state index is -3.54. The molecule has 2 N–H and O–H groups in total. The van der Waals surface area contributed by atoms with E-state index in [1.807, 2.05) is 6.07 Å². The Morgan fingerprint density at radius 2 is 1.72 bits per heavy atom. The van der Waals surface area contributed by atoms with Crippen molar-refractivity contribution in [1.29, 1.82) is 0 Å². The predicted octanol–water partition coefficient (Wildman–Crippen LogP) is 1.86. The van der Waals surface area contributed by atoms with Crippen LogP contribution in [0.25, 0.3) is 0 Å². The first-order valence-electron chi connectivity index (χ1n) is 8.84. The number of sulfonamides is 1. The molecule has 8 nitrogen and oxygen atoms in total. The fourth-order valence-corrected chi connectivity index (χ4v) is 4.21. The van der Waals surface area contributed by atoms with E-state index in [1.54, 1.807) is 36.4 Å². The normalized spacial score (nSPS) is 15.2. The van der Waals surface area contributed by atoms with Gasteiger partial charge in [-0.25, -0.2) is 8.42 Å². The molecule has 1 heterocycles. The number of anilines is 1. The number of benzene rings is 2. The highest BCUT2D eigenvalue weighted by molar-refractivity contribution is 7.89. The van der Waals surface area contributed by atoms with Crippen LogP contribution in [-0.2, 0) is 14.8 Å². The largest absolute Gasteiger partial charge is 0.379 e. The van der Waals surface area contributed by atoms with Gasteiger partial charge >= 0.3 is 0 Å². The number of ether oxygens (including phenoxy) is 1. The molecule has 1 aliphatic rings. The zero-order valence-corrected chi connectivity index (χ0v) is 17.1. The van der Waals surface area contributed by atoms with Crippen molar-refractivity contribution >= 4 is 45.0 Å². The standard InChI is InChI=1S/C19H20N4O4S2/c24-18(15-4-2-1-3-5-15)14-20-22-19(28)21-16-6-8-17(9-7-16)29(25,26)23-10-12-27-13-11-23/h1-9,14H,10-13H2,(H2,21,22,28)/b20-14+. The van der Waals surface area contributed by atoms with Crippen LogP contribution >= 0.6 is 12.2 Å². The van der Waals surface area contributed by atoms with Crippen LogP contribution in [0, 0.1) is 0 Å². The molecule has 2 aromatic rings. The third kappa shape index (κ3) is 5.67. The molecule has 10 heteroatoms. The summed E-state index contributed by atoms with van der Waals surface area (Å²) in [4.78, 5) is 12.1. The van der Waals surface area contributed by atoms with Crippen molar-refractivity contribution in [2.45, 2.75) is 4.90 Å². The second kappa shape index (κ2) is 9.70. The van der Waals surface area contributed by atoms with Gasteiger partial charge in [-0.1, -0.05) is 30.3 Å². The van der Waals surface area contributed by atoms with E-state index in [-0.39, 0.29) is 15.8 Å². The maximum atomic E-state index is 12.6. The molecule has 0 unspecified atom stereocenters. The first-order chi connectivity index (χ1) is 14.0. The Bertz CT molecular complexity index is 987. The van der Waals surface area contributed by atoms with E-state index in [1.165, 1.54) is 16.4 Å². The molecule has 0 radical (unpaired) electrons. The Morgan fingerprint density at radius 1 is 1.07 bits per heavy atom. The van der Waals surface area contributed by atoms with E-state index in [2.05, 4.69) is 15.8 Å². The monoisotopic (exact) mass is 432 g/mol. The van der Waals surface area contributed by atoms with Crippen molar-refractivity contribution in [2.75, 3.05) is 31.6 Å². The molecule has 2 aromatic carbocycles. The van der Waals surface area contributed by atoms with Crippen LogP contribution in [0.5, 0.6) is 0 Å². The first-order valence-corrected chi connectivity index (χ1v) is 10.7. The number of nitrogens with zero attached hydrogens (tertiary/aromatic N) is 2. The molecule has 29 heavy (non-hydrogen) atoms. The van der Waals surface area contributed by atoms with Gasteiger partial charge in [0.2, 0.25) is 15.8 Å². The van der Waals surface area contributed by atoms with Crippen LogP contribution in [0.15, 0.2) is 64.6 Å². The van der Waals surface area contributed by atoms with E-state index < -0.39 is 10.0 Å². The lowest BCUT2D eigenvalue weighted by Gasteiger charge is -2.26. The molecule has 0 atom stereocenters. The lowest BCUT2D eigenvalue weighted by atomic mass is 10.1. The number of carbonyl (C=O) groups excluding carboxylic acids is 1. The van der Waals surface area contributed by atoms with Gasteiger partial charge in [0.15, 0.2) is 5.11 Å². The van der Waals surface area contributed by atoms with E-state index in [9.17, 15) is 13.2 Å². The van der Waals surface area contributed by atoms with Crippen LogP contribution in [0.2, 0.25) is 0 Å². The summed E-state index contributed by atoms with van der Waals surface area (Å²) in [5.41, 5.74) is 3.67. The summed E-state index contributed by atoms with van der Waals surface area (Å²) < 4.78 is 31.8. The van der Waals surface area contributed by atoms with Crippen LogP contribution in [-0.4, -0.2) is 56.1 Å². The SMILES string of the molecule is O=C(/C=N/NC(=S)Nc1ccc(S(=O)(=O)N2CCOCC2)cc1)c1ccccc1. The summed E-state index contributed by atoms with van der Waals surface area (Å²) in [6, 6.07) is 15.0. The lowest BCUT2D eigenvalue weighted by molar-refractivity contribution is 0.0730. The van der Waals surface area contributed by atoms with E-state index in [0.717, 1.165) is 6.21 Å². The number of Topliss-reactive ketones (excluding diaryl/α,β-unsaturated/α-hetero) is 1. The number of rotatable bonds is 6. The number of morpholine rings is 1. The molecular weight excluding hydrogens is 412 g/mol. The van der Waals surface area contributed by atoms with Crippen LogP contribution in [0.3, 0.4) is 0 Å². The van der Waals surface area contributed by atoms with Gasteiger partial charge in [0.1, 0.15) is 0 Å². The van der Waals surface area contributed by atoms with Crippen molar-refractivity contribution in [2.24, 2.45) is 5.10 Å². The number of hydrogen-bond acceptors (Lipinski definition) is 6. The summed E-state index contributed by atoms with van der Waals surface area (Å²) in [6.07, 6.45) is 1.14. The molecule has 3 rings (SSSR count). The molecule has 0 amide bonds. The average molecular weight is 433 g/mol. The van der Waals surface area contributed by atoms with Crippen LogP contribution in [0.1, 0.15) is 10.4 Å². The molecule has 0 bridgehead atoms. The van der Waals surface area contributed by atoms with Crippen molar-refractivity contribution < 1.29 is 17.9 Å². The Morgan fingerprint density at radius 3 is 2.38 bits per heavy atom. The number of thiocarbonyl (C=S) groups is 1. The molecule has 0 saturated carbocycles. The van der Waals surface area contributed by atoms with Gasteiger partial charge < -0.3 is 10.1 Å². The molecule has 1 fully saturated rings. The number of hydrazone groups is 1. The molecule has 0 aliphatic carbocycles. The van der Waals surface area contributed by atoms with Crippen molar-refractivity contribution in [3.05, 3.63) is 60.2 Å². The summed E-state index contributed by atoms with van der Waals surface area (Å²) in [5, 5.41) is 6.87. The highest BCUT2D eigenvalue weighted by Gasteiger charge is 2.26. The highest BCUT2D eigenvalue weighted by atomic mass is 32.2. The minimum Gasteiger partial charge on any atom is -0.379 e. The maximum absolute atomic E-state index is 12.6. The fourth-order valence-electron chi connectivity index (χ4n) is 2.63. The number of ketones is 1. The first kappa shape index (κ1) is 21.1. The number of carbonyl (C=O) groups is 1. The average Bonchev–Trinajstić information content (AvgIpc) is 2.75. The Kier molecular flexibility index (Phi) is 7.04. The predicted molar refractivity (Wildman–Crippen MR) is 115 cm³/mol. The summed E-state index contributed by atoms with van der Waals surface area (Å²) in [7, 11) is -3.54. The summed E-state index contributed by atoms with van der Waals surface area (Å²) in [5.74, 6) is -0.251. The molecule has 0 spiro atoms. The van der Waals surface area contributed by atoms with Gasteiger partial charge in [-0.15, -0.1) is 0 Å². The topological polar surface area (TPSA) is 100 Å². The number of hydrogen-bond donors (Lipinski definition) is 2. The maximum Gasteiger partial charge on any atom is 0.243 e. The van der Waals surface area contributed by atoms with Gasteiger partial charge in [0, 0.05) is 24.3 Å². The van der Waals surface area contributed by atoms with E-state index >= 15 is 0 Å². The van der Waals surface area contributed by atoms with Crippen molar-refractivity contribution in [3.8, 4) is 0 Å². The van der Waals surface area contributed by atoms with Gasteiger partial charge in [-0.2, -0.15) is 9.41 Å². The van der Waals surface area contributed by atoms with E-state index in [4.69, 9.17) is 17.0 Å². The molecule has 1 saturated heterocycles. The smallest absolute Gasteiger partial charge is 0.243 e. The highest BCUT2D eigenvalue weighted by Crippen LogP contribution is 2.19. The second-order valence-corrected chi connectivity index (χ2v) is 8.44. The van der Waals surface area contributed by atoms with Crippen LogP contribution in [0.4, 0.5) is 5.69 Å². The van der Waals surface area contributed by atoms with Gasteiger partial charge in [0.25, 0.3) is 0 Å². The Hall–Kier alpha value is -2.66. The Balaban J connectivity index is 1.54. The summed E-state index contributed by atoms with van der Waals surface area (Å²) >= 11 is 5.13. The molecule has 1 aliphatic heterocycles. The van der Waals surface area contributed by atoms with Crippen molar-refractivity contribution in [1.82, 2.24) is 9.73 Å². The zero-order chi connectivity index (χ0) is 20.7. The van der Waals surface area contributed by atoms with Crippen LogP contribution < -0.4 is 10.7 Å². The van der Waals surface area contributed by atoms with Gasteiger partial charge in [-0.3, -0.25) is 10.2 Å². The third-order valence-corrected chi connectivity index (χ3v) is 6.23. The third-order valence-electron chi connectivity index (χ3n) is 4.13. The fraction of sp³-hybridized carbons (Fsp3) is 0.211. The lowest BCUT2D eigenvalue weighted by Crippen LogP contribution is -2.40. The quantitative estimate of drug-likeness (QED) is 0.311. The molecule has 0 aromatic heterocycles. The molecular formula is C19H20N4O4S2. The Labute approximate surface area is 174 Å². The van der Waals surface area contributed by atoms with Crippen molar-refractivity contribution in [3.63, 3.8) is 0 Å². The summed E-state index contributed by atoms with van der Waals surface area (Å²) in [6.45, 7) is 1.48.